The molecule has 0 aromatic heterocycles. The van der Waals surface area contributed by atoms with Gasteiger partial charge in [0, 0.05) is 24.4 Å². The standard InChI is InChI=1S/C10H19NO4S/c1-4-5-6-11(3)9(12)7-16(15)8(2)10(13)14/h8H,4-7H2,1-3H3,(H,13,14). The zero-order valence-electron chi connectivity index (χ0n) is 9.93. The smallest absolute Gasteiger partial charge is 0.318 e. The van der Waals surface area contributed by atoms with E-state index in [-0.39, 0.29) is 11.7 Å². The fourth-order valence-electron chi connectivity index (χ4n) is 0.989. The van der Waals surface area contributed by atoms with E-state index in [1.807, 2.05) is 6.92 Å². The van der Waals surface area contributed by atoms with Gasteiger partial charge >= 0.3 is 5.97 Å². The van der Waals surface area contributed by atoms with E-state index in [9.17, 15) is 13.8 Å². The summed E-state index contributed by atoms with van der Waals surface area (Å²) in [6.45, 7) is 3.98. The zero-order chi connectivity index (χ0) is 12.7. The van der Waals surface area contributed by atoms with Gasteiger partial charge in [-0.05, 0) is 13.3 Å². The Morgan fingerprint density at radius 1 is 1.44 bits per heavy atom. The second kappa shape index (κ2) is 7.38. The number of nitrogens with zero attached hydrogens (tertiary/aromatic N) is 1. The number of carbonyl (C=O) groups is 2. The van der Waals surface area contributed by atoms with Crippen molar-refractivity contribution in [3.63, 3.8) is 0 Å². The maximum absolute atomic E-state index is 11.5. The SMILES string of the molecule is CCCCN(C)C(=O)CS(=O)C(C)C(=O)O. The van der Waals surface area contributed by atoms with Gasteiger partial charge in [0.15, 0.2) is 0 Å². The Morgan fingerprint density at radius 2 is 2.00 bits per heavy atom. The van der Waals surface area contributed by atoms with Crippen LogP contribution in [0.4, 0.5) is 0 Å². The molecule has 0 spiro atoms. The summed E-state index contributed by atoms with van der Waals surface area (Å²) >= 11 is 0. The number of unbranched alkanes of at least 4 members (excludes halogenated alkanes) is 1. The van der Waals surface area contributed by atoms with Crippen molar-refractivity contribution < 1.29 is 18.9 Å². The molecule has 0 aliphatic rings. The number of hydrogen-bond acceptors (Lipinski definition) is 3. The van der Waals surface area contributed by atoms with Crippen LogP contribution in [0.1, 0.15) is 26.7 Å². The fraction of sp³-hybridized carbons (Fsp3) is 0.800. The number of carboxylic acid groups (broad SMARTS) is 1. The third kappa shape index (κ3) is 5.25. The quantitative estimate of drug-likeness (QED) is 0.711. The van der Waals surface area contributed by atoms with Crippen LogP contribution >= 0.6 is 0 Å². The van der Waals surface area contributed by atoms with Gasteiger partial charge < -0.3 is 10.0 Å². The van der Waals surface area contributed by atoms with Crippen LogP contribution < -0.4 is 0 Å². The van der Waals surface area contributed by atoms with Crippen molar-refractivity contribution in [3.8, 4) is 0 Å². The number of carbonyl (C=O) groups excluding carboxylic acids is 1. The van der Waals surface area contributed by atoms with E-state index < -0.39 is 22.0 Å². The van der Waals surface area contributed by atoms with Gasteiger partial charge in [0.2, 0.25) is 5.91 Å². The first kappa shape index (κ1) is 15.1. The number of hydrogen-bond donors (Lipinski definition) is 1. The molecule has 0 saturated carbocycles. The molecule has 94 valence electrons. The molecule has 0 aromatic carbocycles. The summed E-state index contributed by atoms with van der Waals surface area (Å²) in [5.74, 6) is -1.62. The molecular weight excluding hydrogens is 230 g/mol. The molecule has 0 aliphatic carbocycles. The minimum Gasteiger partial charge on any atom is -0.480 e. The molecule has 0 aromatic rings. The summed E-state index contributed by atoms with van der Waals surface area (Å²) in [4.78, 5) is 23.6. The molecule has 2 atom stereocenters. The van der Waals surface area contributed by atoms with Crippen LogP contribution in [0, 0.1) is 0 Å². The van der Waals surface area contributed by atoms with Crippen molar-refractivity contribution in [3.05, 3.63) is 0 Å². The minimum atomic E-state index is -1.64. The van der Waals surface area contributed by atoms with E-state index in [0.29, 0.717) is 6.54 Å². The zero-order valence-corrected chi connectivity index (χ0v) is 10.7. The van der Waals surface area contributed by atoms with Crippen LogP contribution in [0.3, 0.4) is 0 Å². The van der Waals surface area contributed by atoms with Gasteiger partial charge in [-0.15, -0.1) is 0 Å². The average molecular weight is 249 g/mol. The fourth-order valence-corrected chi connectivity index (χ4v) is 1.93. The summed E-state index contributed by atoms with van der Waals surface area (Å²) in [5, 5.41) is 7.63. The predicted octanol–water partition coefficient (Wildman–Crippen LogP) is 0.467. The summed E-state index contributed by atoms with van der Waals surface area (Å²) in [6, 6.07) is 0. The molecule has 0 saturated heterocycles. The lowest BCUT2D eigenvalue weighted by Crippen LogP contribution is -2.35. The lowest BCUT2D eigenvalue weighted by molar-refractivity contribution is -0.136. The molecular formula is C10H19NO4S. The van der Waals surface area contributed by atoms with Crippen LogP contribution in [0.2, 0.25) is 0 Å². The van der Waals surface area contributed by atoms with E-state index >= 15 is 0 Å². The summed E-state index contributed by atoms with van der Waals surface area (Å²) in [5.41, 5.74) is 0. The number of rotatable bonds is 7. The highest BCUT2D eigenvalue weighted by Gasteiger charge is 2.22. The topological polar surface area (TPSA) is 74.7 Å². The molecule has 1 amide bonds. The normalized spacial score (nSPS) is 14.2. The van der Waals surface area contributed by atoms with Gasteiger partial charge in [0.25, 0.3) is 0 Å². The van der Waals surface area contributed by atoms with Crippen LogP contribution in [0.5, 0.6) is 0 Å². The van der Waals surface area contributed by atoms with Crippen molar-refractivity contribution in [2.45, 2.75) is 31.9 Å². The second-order valence-electron chi connectivity index (χ2n) is 3.67. The molecule has 0 radical (unpaired) electrons. The van der Waals surface area contributed by atoms with Gasteiger partial charge in [-0.2, -0.15) is 0 Å². The Bertz CT molecular complexity index is 280. The molecule has 0 rings (SSSR count). The van der Waals surface area contributed by atoms with Crippen LogP contribution in [0.15, 0.2) is 0 Å². The third-order valence-electron chi connectivity index (χ3n) is 2.28. The van der Waals surface area contributed by atoms with Crippen molar-refractivity contribution >= 4 is 22.7 Å². The van der Waals surface area contributed by atoms with E-state index in [1.165, 1.54) is 11.8 Å². The largest absolute Gasteiger partial charge is 0.480 e. The summed E-state index contributed by atoms with van der Waals surface area (Å²) < 4.78 is 11.5. The first-order valence-corrected chi connectivity index (χ1v) is 6.62. The molecule has 0 bridgehead atoms. The Balaban J connectivity index is 4.13. The first-order chi connectivity index (χ1) is 7.40. The maximum atomic E-state index is 11.5. The number of carboxylic acids is 1. The van der Waals surface area contributed by atoms with E-state index in [4.69, 9.17) is 5.11 Å². The maximum Gasteiger partial charge on any atom is 0.318 e. The summed E-state index contributed by atoms with van der Waals surface area (Å²) in [6.07, 6.45) is 1.87. The van der Waals surface area contributed by atoms with E-state index in [1.54, 1.807) is 7.05 Å². The molecule has 0 aliphatic heterocycles. The first-order valence-electron chi connectivity index (χ1n) is 5.24. The molecule has 1 N–H and O–H groups in total. The average Bonchev–Trinajstić information content (AvgIpc) is 2.24. The Labute approximate surface area is 98.3 Å². The van der Waals surface area contributed by atoms with Gasteiger partial charge in [-0.25, -0.2) is 0 Å². The van der Waals surface area contributed by atoms with Crippen molar-refractivity contribution in [2.75, 3.05) is 19.3 Å². The van der Waals surface area contributed by atoms with Crippen LogP contribution in [-0.4, -0.2) is 50.7 Å². The van der Waals surface area contributed by atoms with Crippen molar-refractivity contribution in [1.29, 1.82) is 0 Å². The Morgan fingerprint density at radius 3 is 2.44 bits per heavy atom. The molecule has 2 unspecified atom stereocenters. The highest BCUT2D eigenvalue weighted by atomic mass is 32.2. The molecule has 6 heteroatoms. The second-order valence-corrected chi connectivity index (χ2v) is 5.43. The Kier molecular flexibility index (Phi) is 6.96. The summed E-state index contributed by atoms with van der Waals surface area (Å²) in [7, 11) is -0.00232. The predicted molar refractivity (Wildman–Crippen MR) is 62.7 cm³/mol. The lowest BCUT2D eigenvalue weighted by atomic mass is 10.3. The lowest BCUT2D eigenvalue weighted by Gasteiger charge is -2.17. The van der Waals surface area contributed by atoms with Gasteiger partial charge in [-0.1, -0.05) is 13.3 Å². The molecule has 0 heterocycles. The molecule has 5 nitrogen and oxygen atoms in total. The van der Waals surface area contributed by atoms with Gasteiger partial charge in [0.1, 0.15) is 11.0 Å². The monoisotopic (exact) mass is 249 g/mol. The highest BCUT2D eigenvalue weighted by molar-refractivity contribution is 7.87. The third-order valence-corrected chi connectivity index (χ3v) is 3.80. The van der Waals surface area contributed by atoms with Crippen molar-refractivity contribution in [1.82, 2.24) is 4.90 Å². The van der Waals surface area contributed by atoms with Crippen molar-refractivity contribution in [2.24, 2.45) is 0 Å². The highest BCUT2D eigenvalue weighted by Crippen LogP contribution is 2.00. The van der Waals surface area contributed by atoms with E-state index in [2.05, 4.69) is 0 Å². The number of amides is 1. The molecule has 16 heavy (non-hydrogen) atoms. The Hall–Kier alpha value is -0.910. The molecule has 0 fully saturated rings. The van der Waals surface area contributed by atoms with Gasteiger partial charge in [-0.3, -0.25) is 13.8 Å². The van der Waals surface area contributed by atoms with Gasteiger partial charge in [0.05, 0.1) is 0 Å². The van der Waals surface area contributed by atoms with Crippen LogP contribution in [0.25, 0.3) is 0 Å². The van der Waals surface area contributed by atoms with E-state index in [0.717, 1.165) is 12.8 Å². The van der Waals surface area contributed by atoms with Crippen LogP contribution in [-0.2, 0) is 20.4 Å². The minimum absolute atomic E-state index is 0.215. The number of aliphatic carboxylic acids is 1.